The number of benzene rings is 1. The first-order valence-electron chi connectivity index (χ1n) is 6.17. The van der Waals surface area contributed by atoms with E-state index in [2.05, 4.69) is 6.07 Å². The summed E-state index contributed by atoms with van der Waals surface area (Å²) < 4.78 is 10.3. The Hall–Kier alpha value is -1.55. The van der Waals surface area contributed by atoms with Crippen LogP contribution >= 0.6 is 0 Å². The number of fused-ring (bicyclic) bond motifs is 1. The van der Waals surface area contributed by atoms with Gasteiger partial charge in [-0.3, -0.25) is 4.79 Å². The number of carbonyl (C=O) groups is 1. The van der Waals surface area contributed by atoms with Gasteiger partial charge in [0.25, 0.3) is 0 Å². The zero-order valence-corrected chi connectivity index (χ0v) is 10.9. The quantitative estimate of drug-likeness (QED) is 0.814. The molecule has 0 atom stereocenters. The molecule has 0 aliphatic carbocycles. The molecule has 0 fully saturated rings. The number of hydrogen-bond donors (Lipinski definition) is 0. The van der Waals surface area contributed by atoms with E-state index in [0.717, 1.165) is 24.3 Å². The highest BCUT2D eigenvalue weighted by Crippen LogP contribution is 2.28. The zero-order valence-electron chi connectivity index (χ0n) is 10.9. The van der Waals surface area contributed by atoms with E-state index in [1.165, 1.54) is 5.56 Å². The summed E-state index contributed by atoms with van der Waals surface area (Å²) in [6, 6.07) is 6.05. The number of hydrogen-bond acceptors (Lipinski definition) is 3. The summed E-state index contributed by atoms with van der Waals surface area (Å²) in [6.07, 6.45) is 1.34. The maximum Gasteiger partial charge on any atom is 0.225 e. The van der Waals surface area contributed by atoms with E-state index < -0.39 is 0 Å². The molecular weight excluding hydrogens is 230 g/mol. The Morgan fingerprint density at radius 2 is 2.22 bits per heavy atom. The van der Waals surface area contributed by atoms with Gasteiger partial charge in [-0.1, -0.05) is 12.1 Å². The lowest BCUT2D eigenvalue weighted by Gasteiger charge is -2.30. The minimum atomic E-state index is 0.147. The summed E-state index contributed by atoms with van der Waals surface area (Å²) in [5, 5.41) is 0. The summed E-state index contributed by atoms with van der Waals surface area (Å²) in [6.45, 7) is 1.90. The zero-order chi connectivity index (χ0) is 13.0. The van der Waals surface area contributed by atoms with E-state index in [0.29, 0.717) is 19.6 Å². The van der Waals surface area contributed by atoms with Crippen LogP contribution in [0.2, 0.25) is 0 Å². The van der Waals surface area contributed by atoms with Crippen molar-refractivity contribution in [1.29, 1.82) is 0 Å². The first kappa shape index (κ1) is 12.9. The molecule has 0 saturated heterocycles. The molecule has 98 valence electrons. The van der Waals surface area contributed by atoms with Gasteiger partial charge in [0.05, 0.1) is 20.1 Å². The van der Waals surface area contributed by atoms with Crippen LogP contribution in [-0.2, 0) is 22.5 Å². The molecule has 0 unspecified atom stereocenters. The van der Waals surface area contributed by atoms with Gasteiger partial charge in [0.15, 0.2) is 0 Å². The smallest absolute Gasteiger partial charge is 0.225 e. The molecule has 0 spiro atoms. The van der Waals surface area contributed by atoms with Crippen molar-refractivity contribution >= 4 is 5.91 Å². The second kappa shape index (κ2) is 5.87. The van der Waals surface area contributed by atoms with Crippen molar-refractivity contribution in [1.82, 2.24) is 4.90 Å². The van der Waals surface area contributed by atoms with E-state index in [4.69, 9.17) is 9.47 Å². The molecule has 1 aliphatic heterocycles. The Bertz CT molecular complexity index is 417. The third kappa shape index (κ3) is 2.64. The minimum Gasteiger partial charge on any atom is -0.496 e. The topological polar surface area (TPSA) is 38.8 Å². The maximum absolute atomic E-state index is 12.0. The van der Waals surface area contributed by atoms with Crippen LogP contribution in [0.3, 0.4) is 0 Å². The Kier molecular flexibility index (Phi) is 4.20. The van der Waals surface area contributed by atoms with Gasteiger partial charge in [-0.15, -0.1) is 0 Å². The molecule has 0 bridgehead atoms. The Morgan fingerprint density at radius 1 is 1.39 bits per heavy atom. The van der Waals surface area contributed by atoms with Gasteiger partial charge in [0.1, 0.15) is 5.75 Å². The van der Waals surface area contributed by atoms with Crippen molar-refractivity contribution in [2.24, 2.45) is 0 Å². The fraction of sp³-hybridized carbons (Fsp3) is 0.500. The molecule has 4 nitrogen and oxygen atoms in total. The monoisotopic (exact) mass is 249 g/mol. The summed E-state index contributed by atoms with van der Waals surface area (Å²) in [4.78, 5) is 13.9. The third-order valence-corrected chi connectivity index (χ3v) is 3.32. The molecular formula is C14H19NO3. The predicted octanol–water partition coefficient (Wildman–Crippen LogP) is 1.62. The average Bonchev–Trinajstić information content (AvgIpc) is 2.43. The van der Waals surface area contributed by atoms with E-state index in [1.807, 2.05) is 17.0 Å². The molecule has 1 aromatic rings. The SMILES string of the molecule is COCCC(=O)N1CCc2cccc(OC)c2C1. The van der Waals surface area contributed by atoms with E-state index in [1.54, 1.807) is 14.2 Å². The van der Waals surface area contributed by atoms with Gasteiger partial charge in [-0.25, -0.2) is 0 Å². The van der Waals surface area contributed by atoms with Crippen LogP contribution in [0.5, 0.6) is 5.75 Å². The highest BCUT2D eigenvalue weighted by molar-refractivity contribution is 5.76. The van der Waals surface area contributed by atoms with Crippen LogP contribution in [-0.4, -0.2) is 38.2 Å². The molecule has 1 aliphatic rings. The van der Waals surface area contributed by atoms with Gasteiger partial charge < -0.3 is 14.4 Å². The van der Waals surface area contributed by atoms with Crippen molar-refractivity contribution in [3.63, 3.8) is 0 Å². The van der Waals surface area contributed by atoms with Crippen molar-refractivity contribution in [3.8, 4) is 5.75 Å². The van der Waals surface area contributed by atoms with Crippen molar-refractivity contribution in [3.05, 3.63) is 29.3 Å². The van der Waals surface area contributed by atoms with Gasteiger partial charge in [-0.05, 0) is 18.1 Å². The molecule has 0 radical (unpaired) electrons. The van der Waals surface area contributed by atoms with E-state index >= 15 is 0 Å². The van der Waals surface area contributed by atoms with Crippen LogP contribution in [0.1, 0.15) is 17.5 Å². The largest absolute Gasteiger partial charge is 0.496 e. The van der Waals surface area contributed by atoms with Gasteiger partial charge in [-0.2, -0.15) is 0 Å². The lowest BCUT2D eigenvalue weighted by atomic mass is 9.98. The summed E-state index contributed by atoms with van der Waals surface area (Å²) in [5.74, 6) is 1.02. The Balaban J connectivity index is 2.11. The van der Waals surface area contributed by atoms with Crippen LogP contribution < -0.4 is 4.74 Å². The van der Waals surface area contributed by atoms with Crippen LogP contribution in [0, 0.1) is 0 Å². The van der Waals surface area contributed by atoms with Crippen molar-refractivity contribution < 1.29 is 14.3 Å². The van der Waals surface area contributed by atoms with Gasteiger partial charge >= 0.3 is 0 Å². The fourth-order valence-corrected chi connectivity index (χ4v) is 2.30. The number of rotatable bonds is 4. The second-order valence-corrected chi connectivity index (χ2v) is 4.41. The Labute approximate surface area is 107 Å². The number of amides is 1. The molecule has 1 aromatic carbocycles. The highest BCUT2D eigenvalue weighted by atomic mass is 16.5. The van der Waals surface area contributed by atoms with Gasteiger partial charge in [0.2, 0.25) is 5.91 Å². The number of methoxy groups -OCH3 is 2. The molecule has 2 rings (SSSR count). The normalized spacial score (nSPS) is 14.2. The first-order valence-corrected chi connectivity index (χ1v) is 6.17. The number of ether oxygens (including phenoxy) is 2. The lowest BCUT2D eigenvalue weighted by molar-refractivity contribution is -0.133. The second-order valence-electron chi connectivity index (χ2n) is 4.41. The first-order chi connectivity index (χ1) is 8.76. The average molecular weight is 249 g/mol. The summed E-state index contributed by atoms with van der Waals surface area (Å²) in [5.41, 5.74) is 2.42. The maximum atomic E-state index is 12.0. The molecule has 1 amide bonds. The summed E-state index contributed by atoms with van der Waals surface area (Å²) >= 11 is 0. The molecule has 18 heavy (non-hydrogen) atoms. The Morgan fingerprint density at radius 3 is 2.94 bits per heavy atom. The highest BCUT2D eigenvalue weighted by Gasteiger charge is 2.22. The molecule has 0 saturated carbocycles. The van der Waals surface area contributed by atoms with Crippen molar-refractivity contribution in [2.45, 2.75) is 19.4 Å². The van der Waals surface area contributed by atoms with E-state index in [-0.39, 0.29) is 5.91 Å². The third-order valence-electron chi connectivity index (χ3n) is 3.32. The van der Waals surface area contributed by atoms with Crippen LogP contribution in [0.15, 0.2) is 18.2 Å². The molecule has 1 heterocycles. The standard InChI is InChI=1S/C14H19NO3/c1-17-9-7-14(16)15-8-6-11-4-3-5-13(18-2)12(11)10-15/h3-5H,6-10H2,1-2H3. The summed E-state index contributed by atoms with van der Waals surface area (Å²) in [7, 11) is 3.28. The van der Waals surface area contributed by atoms with Crippen LogP contribution in [0.25, 0.3) is 0 Å². The van der Waals surface area contributed by atoms with E-state index in [9.17, 15) is 4.79 Å². The van der Waals surface area contributed by atoms with Crippen LogP contribution in [0.4, 0.5) is 0 Å². The minimum absolute atomic E-state index is 0.147. The molecule has 0 aromatic heterocycles. The van der Waals surface area contributed by atoms with Crippen molar-refractivity contribution in [2.75, 3.05) is 27.4 Å². The van der Waals surface area contributed by atoms with Gasteiger partial charge in [0, 0.05) is 25.8 Å². The number of nitrogens with zero attached hydrogens (tertiary/aromatic N) is 1. The predicted molar refractivity (Wildman–Crippen MR) is 68.6 cm³/mol. The fourth-order valence-electron chi connectivity index (χ4n) is 2.30. The molecule has 0 N–H and O–H groups in total. The number of carbonyl (C=O) groups excluding carboxylic acids is 1. The lowest BCUT2D eigenvalue weighted by Crippen LogP contribution is -2.36. The molecule has 4 heteroatoms.